The molecule has 260 valence electrons. The van der Waals surface area contributed by atoms with Crippen molar-refractivity contribution >= 4 is 51.0 Å². The molecule has 3 aromatic rings. The Balaban J connectivity index is 1.30. The zero-order valence-corrected chi connectivity index (χ0v) is 28.8. The van der Waals surface area contributed by atoms with Crippen LogP contribution < -0.4 is 20.5 Å². The minimum atomic E-state index is -4.11. The zero-order chi connectivity index (χ0) is 34.3. The van der Waals surface area contributed by atoms with Gasteiger partial charge in [0.25, 0.3) is 5.91 Å². The van der Waals surface area contributed by atoms with Gasteiger partial charge in [-0.1, -0.05) is 29.8 Å². The minimum Gasteiger partial charge on any atom is -0.494 e. The maximum atomic E-state index is 13.2. The first-order valence-corrected chi connectivity index (χ1v) is 17.8. The number of anilines is 4. The Hall–Kier alpha value is -3.57. The number of para-hydroxylation sites is 1. The van der Waals surface area contributed by atoms with Crippen molar-refractivity contribution in [1.82, 2.24) is 24.7 Å². The molecule has 0 saturated carbocycles. The second kappa shape index (κ2) is 16.2. The van der Waals surface area contributed by atoms with Gasteiger partial charge in [-0.25, -0.2) is 10.1 Å². The summed E-state index contributed by atoms with van der Waals surface area (Å²) in [6, 6.07) is 11.4. The van der Waals surface area contributed by atoms with Gasteiger partial charge in [-0.3, -0.25) is 18.8 Å². The van der Waals surface area contributed by atoms with Crippen molar-refractivity contribution < 1.29 is 27.2 Å². The van der Waals surface area contributed by atoms with E-state index in [-0.39, 0.29) is 42.5 Å². The number of aliphatic hydroxyl groups is 1. The van der Waals surface area contributed by atoms with Crippen LogP contribution in [0.2, 0.25) is 5.02 Å². The van der Waals surface area contributed by atoms with Crippen molar-refractivity contribution in [2.45, 2.75) is 31.7 Å². The highest BCUT2D eigenvalue weighted by Crippen LogP contribution is 2.38. The molecule has 1 aliphatic heterocycles. The topological polar surface area (TPSA) is 175 Å². The summed E-state index contributed by atoms with van der Waals surface area (Å²) in [5.41, 5.74) is 3.96. The van der Waals surface area contributed by atoms with Gasteiger partial charge in [0.2, 0.25) is 5.95 Å². The van der Waals surface area contributed by atoms with Gasteiger partial charge in [0.1, 0.15) is 10.8 Å². The van der Waals surface area contributed by atoms with Crippen LogP contribution in [-0.4, -0.2) is 117 Å². The summed E-state index contributed by atoms with van der Waals surface area (Å²) < 4.78 is 32.7. The summed E-state index contributed by atoms with van der Waals surface area (Å²) in [6.45, 7) is 4.62. The van der Waals surface area contributed by atoms with Crippen LogP contribution in [0.25, 0.3) is 0 Å². The van der Waals surface area contributed by atoms with Crippen molar-refractivity contribution in [3.63, 3.8) is 0 Å². The van der Waals surface area contributed by atoms with E-state index in [1.807, 2.05) is 6.07 Å². The molecule has 0 bridgehead atoms. The molecule has 14 nitrogen and oxygen atoms in total. The smallest absolute Gasteiger partial charge is 0.333 e. The average Bonchev–Trinajstić information content (AvgIpc) is 3.29. The number of ether oxygens (including phenoxy) is 1. The van der Waals surface area contributed by atoms with Crippen LogP contribution >= 0.6 is 11.6 Å². The number of amides is 1. The Kier molecular flexibility index (Phi) is 12.1. The number of fused-ring (bicyclic) bond motifs is 1. The van der Waals surface area contributed by atoms with Crippen molar-refractivity contribution in [3.05, 3.63) is 64.3 Å². The van der Waals surface area contributed by atoms with Gasteiger partial charge in [0.05, 0.1) is 43.5 Å². The van der Waals surface area contributed by atoms with E-state index < -0.39 is 10.3 Å². The zero-order valence-electron chi connectivity index (χ0n) is 27.2. The molecule has 1 atom stereocenters. The fourth-order valence-electron chi connectivity index (χ4n) is 6.28. The third-order valence-corrected chi connectivity index (χ3v) is 9.51. The van der Waals surface area contributed by atoms with Crippen LogP contribution in [0, 0.1) is 0 Å². The molecular weight excluding hydrogens is 660 g/mol. The number of methoxy groups -OCH3 is 1. The number of halogens is 1. The third kappa shape index (κ3) is 9.11. The highest BCUT2D eigenvalue weighted by Gasteiger charge is 2.28. The molecule has 5 N–H and O–H groups in total. The number of benzene rings is 2. The fourth-order valence-corrected chi connectivity index (χ4v) is 6.73. The van der Waals surface area contributed by atoms with Crippen molar-refractivity contribution in [3.8, 4) is 5.75 Å². The van der Waals surface area contributed by atoms with E-state index in [0.29, 0.717) is 17.3 Å². The van der Waals surface area contributed by atoms with Crippen molar-refractivity contribution in [2.24, 2.45) is 5.14 Å². The summed E-state index contributed by atoms with van der Waals surface area (Å²) in [5.74, 6) is 0.957. The number of aromatic nitrogens is 2. The Bertz CT molecular complexity index is 1690. The molecule has 0 radical (unpaired) electrons. The summed E-state index contributed by atoms with van der Waals surface area (Å²) >= 11 is 6.49. The Morgan fingerprint density at radius 1 is 1.15 bits per heavy atom. The number of carbonyl (C=O) groups excluding carboxylic acids is 1. The van der Waals surface area contributed by atoms with Crippen molar-refractivity contribution in [2.75, 3.05) is 77.3 Å². The van der Waals surface area contributed by atoms with Gasteiger partial charge in [0, 0.05) is 52.4 Å². The molecule has 2 aliphatic rings. The standard InChI is InChI=1S/C32H43ClN8O6S/c1-39(17-19-47-48(34,44)45)31(43)25-7-3-4-9-27(25)36-30-26(33)21-35-32(38-30)37-28-11-10-22-20-23(6-5-8-24(22)29(28)46-2)41-14-12-40(13-15-41)16-18-42/h3-4,7,9-11,21,23,42H,5-6,8,12-20H2,1-2H3,(H2,34,44,45)(H2,35,36,37,38)/t23-/m0/s1. The molecule has 5 rings (SSSR count). The van der Waals surface area contributed by atoms with Crippen LogP contribution in [0.15, 0.2) is 42.6 Å². The lowest BCUT2D eigenvalue weighted by atomic mass is 9.98. The Morgan fingerprint density at radius 3 is 2.65 bits per heavy atom. The third-order valence-electron chi connectivity index (χ3n) is 8.74. The molecule has 2 heterocycles. The number of nitrogens with one attached hydrogen (secondary N) is 2. The first-order chi connectivity index (χ1) is 23.1. The van der Waals surface area contributed by atoms with E-state index in [4.69, 9.17) is 21.5 Å². The molecule has 1 fully saturated rings. The van der Waals surface area contributed by atoms with Crippen LogP contribution in [-0.2, 0) is 27.3 Å². The maximum Gasteiger partial charge on any atom is 0.333 e. The van der Waals surface area contributed by atoms with E-state index in [9.17, 15) is 18.3 Å². The largest absolute Gasteiger partial charge is 0.494 e. The van der Waals surface area contributed by atoms with Gasteiger partial charge in [-0.2, -0.15) is 13.4 Å². The summed E-state index contributed by atoms with van der Waals surface area (Å²) in [6.07, 6.45) is 5.48. The molecule has 48 heavy (non-hydrogen) atoms. The quantitative estimate of drug-likeness (QED) is 0.192. The van der Waals surface area contributed by atoms with E-state index in [2.05, 4.69) is 40.7 Å². The number of hydrogen-bond acceptors (Lipinski definition) is 12. The van der Waals surface area contributed by atoms with Gasteiger partial charge in [-0.15, -0.1) is 0 Å². The number of β-amino-alcohol motifs (C(OH)–C–C–N with tert-alkyl or cyclic N) is 1. The van der Waals surface area contributed by atoms with E-state index in [1.165, 1.54) is 29.3 Å². The minimum absolute atomic E-state index is 0.00236. The molecule has 1 aromatic heterocycles. The van der Waals surface area contributed by atoms with Gasteiger partial charge in [0.15, 0.2) is 5.82 Å². The molecule has 2 aromatic carbocycles. The molecule has 16 heteroatoms. The van der Waals surface area contributed by atoms with E-state index >= 15 is 0 Å². The second-order valence-corrected chi connectivity index (χ2v) is 13.5. The molecule has 1 aliphatic carbocycles. The lowest BCUT2D eigenvalue weighted by Gasteiger charge is -2.39. The molecule has 0 spiro atoms. The normalized spacial score (nSPS) is 17.3. The average molecular weight is 703 g/mol. The monoisotopic (exact) mass is 702 g/mol. The summed E-state index contributed by atoms with van der Waals surface area (Å²) in [5, 5.41) is 20.9. The van der Waals surface area contributed by atoms with Crippen LogP contribution in [0.1, 0.15) is 34.3 Å². The number of rotatable bonds is 13. The van der Waals surface area contributed by atoms with Gasteiger partial charge >= 0.3 is 10.3 Å². The first-order valence-electron chi connectivity index (χ1n) is 15.9. The second-order valence-electron chi connectivity index (χ2n) is 11.9. The number of nitrogens with zero attached hydrogens (tertiary/aromatic N) is 5. The van der Waals surface area contributed by atoms with Gasteiger partial charge in [-0.05, 0) is 55.0 Å². The number of piperazine rings is 1. The first kappa shape index (κ1) is 35.7. The van der Waals surface area contributed by atoms with E-state index in [0.717, 1.165) is 69.8 Å². The lowest BCUT2D eigenvalue weighted by molar-refractivity contribution is 0.0775. The molecule has 1 amide bonds. The predicted octanol–water partition coefficient (Wildman–Crippen LogP) is 2.78. The summed E-state index contributed by atoms with van der Waals surface area (Å²) in [7, 11) is -0.913. The van der Waals surface area contributed by atoms with Crippen LogP contribution in [0.4, 0.5) is 23.1 Å². The number of likely N-dealkylation sites (N-methyl/N-ethyl adjacent to an activating group) is 1. The lowest BCUT2D eigenvalue weighted by Crippen LogP contribution is -2.51. The Morgan fingerprint density at radius 2 is 1.92 bits per heavy atom. The van der Waals surface area contributed by atoms with Crippen molar-refractivity contribution in [1.29, 1.82) is 0 Å². The SMILES string of the molecule is COc1c(Nc2ncc(Cl)c(Nc3ccccc3C(=O)N(C)CCOS(N)(=O)=O)n2)ccc2c1CCC[C@H](N1CCN(CCO)CC1)C2. The number of hydrogen-bond donors (Lipinski definition) is 4. The van der Waals surface area contributed by atoms with Crippen LogP contribution in [0.5, 0.6) is 5.75 Å². The highest BCUT2D eigenvalue weighted by atomic mass is 35.5. The fraction of sp³-hybridized carbons (Fsp3) is 0.469. The molecule has 0 unspecified atom stereocenters. The maximum absolute atomic E-state index is 13.2. The number of aliphatic hydroxyl groups excluding tert-OH is 1. The predicted molar refractivity (Wildman–Crippen MR) is 185 cm³/mol. The highest BCUT2D eigenvalue weighted by molar-refractivity contribution is 7.84. The molecular formula is C32H43ClN8O6S. The molecule has 1 saturated heterocycles. The van der Waals surface area contributed by atoms with Crippen LogP contribution in [0.3, 0.4) is 0 Å². The number of nitrogens with two attached hydrogens (primary N) is 1. The van der Waals surface area contributed by atoms with E-state index in [1.54, 1.807) is 31.4 Å². The number of carbonyl (C=O) groups is 1. The Labute approximate surface area is 286 Å². The summed E-state index contributed by atoms with van der Waals surface area (Å²) in [4.78, 5) is 28.4. The van der Waals surface area contributed by atoms with Gasteiger partial charge < -0.3 is 25.4 Å².